The van der Waals surface area contributed by atoms with Crippen molar-refractivity contribution in [1.82, 2.24) is 9.80 Å². The third-order valence-electron chi connectivity index (χ3n) is 2.30. The highest BCUT2D eigenvalue weighted by Gasteiger charge is 2.64. The number of ether oxygens (including phenoxy) is 1. The van der Waals surface area contributed by atoms with Crippen LogP contribution in [0.1, 0.15) is 0 Å². The Morgan fingerprint density at radius 2 is 1.60 bits per heavy atom. The fourth-order valence-corrected chi connectivity index (χ4v) is 1.08. The van der Waals surface area contributed by atoms with Gasteiger partial charge < -0.3 is 14.5 Å². The minimum absolute atomic E-state index is 0.124. The highest BCUT2D eigenvalue weighted by Crippen LogP contribution is 2.36. The quantitative estimate of drug-likeness (QED) is 0.680. The van der Waals surface area contributed by atoms with Gasteiger partial charge in [0.1, 0.15) is 0 Å². The predicted octanol–water partition coefficient (Wildman–Crippen LogP) is 0.747. The van der Waals surface area contributed by atoms with Gasteiger partial charge in [-0.1, -0.05) is 0 Å². The van der Waals surface area contributed by atoms with Crippen LogP contribution in [0.25, 0.3) is 0 Å². The summed E-state index contributed by atoms with van der Waals surface area (Å²) in [5.74, 6) is -8.81. The van der Waals surface area contributed by atoms with Crippen LogP contribution in [0.15, 0.2) is 0 Å². The molecular formula is C10H15F5N2O3. The predicted molar refractivity (Wildman–Crippen MR) is 58.2 cm³/mol. The lowest BCUT2D eigenvalue weighted by Gasteiger charge is -2.28. The Labute approximate surface area is 112 Å². The number of carbonyl (C=O) groups is 2. The zero-order valence-corrected chi connectivity index (χ0v) is 11.1. The maximum atomic E-state index is 13.0. The average Bonchev–Trinajstić information content (AvgIpc) is 2.31. The van der Waals surface area contributed by atoms with Crippen LogP contribution in [0.5, 0.6) is 0 Å². The molecule has 0 aromatic heterocycles. The Balaban J connectivity index is 5.12. The van der Waals surface area contributed by atoms with Gasteiger partial charge >= 0.3 is 18.0 Å². The molecule has 0 aromatic rings. The zero-order chi connectivity index (χ0) is 16.1. The maximum absolute atomic E-state index is 13.0. The van der Waals surface area contributed by atoms with Gasteiger partial charge in [0.05, 0.1) is 13.2 Å². The van der Waals surface area contributed by atoms with Gasteiger partial charge in [0.25, 0.3) is 0 Å². The van der Waals surface area contributed by atoms with Gasteiger partial charge in [-0.05, 0) is 0 Å². The summed E-state index contributed by atoms with van der Waals surface area (Å²) < 4.78 is 66.9. The van der Waals surface area contributed by atoms with E-state index < -0.39 is 37.0 Å². The number of halogens is 5. The number of hydrogen-bond acceptors (Lipinski definition) is 3. The van der Waals surface area contributed by atoms with Crippen molar-refractivity contribution in [2.24, 2.45) is 0 Å². The number of rotatable bonds is 6. The normalized spacial score (nSPS) is 12.2. The summed E-state index contributed by atoms with van der Waals surface area (Å²) in [5, 5.41) is 0. The number of hydrogen-bond donors (Lipinski definition) is 0. The van der Waals surface area contributed by atoms with Crippen LogP contribution in [-0.2, 0) is 14.3 Å². The van der Waals surface area contributed by atoms with Crippen molar-refractivity contribution < 1.29 is 36.3 Å². The van der Waals surface area contributed by atoms with E-state index in [1.165, 1.54) is 21.2 Å². The molecule has 0 aliphatic carbocycles. The highest BCUT2D eigenvalue weighted by molar-refractivity contribution is 5.89. The van der Waals surface area contributed by atoms with Crippen molar-refractivity contribution in [3.8, 4) is 0 Å². The number of amides is 2. The van der Waals surface area contributed by atoms with Crippen molar-refractivity contribution in [2.75, 3.05) is 40.9 Å². The first-order chi connectivity index (χ1) is 8.95. The van der Waals surface area contributed by atoms with Crippen molar-refractivity contribution in [3.63, 3.8) is 0 Å². The van der Waals surface area contributed by atoms with Crippen molar-refractivity contribution in [3.05, 3.63) is 0 Å². The molecule has 0 aliphatic rings. The van der Waals surface area contributed by atoms with Gasteiger partial charge in [0.15, 0.2) is 0 Å². The molecule has 0 heterocycles. The molecule has 5 nitrogen and oxygen atoms in total. The first-order valence-corrected chi connectivity index (χ1v) is 5.38. The molecule has 0 bridgehead atoms. The van der Waals surface area contributed by atoms with Gasteiger partial charge in [-0.2, -0.15) is 22.0 Å². The molecule has 0 atom stereocenters. The van der Waals surface area contributed by atoms with E-state index in [9.17, 15) is 31.5 Å². The SMILES string of the molecule is COCCN(CC(=O)N(C)C)C(=O)C(F)(F)C(F)(F)F. The molecule has 118 valence electrons. The third kappa shape index (κ3) is 4.58. The second-order valence-electron chi connectivity index (χ2n) is 4.08. The van der Waals surface area contributed by atoms with Crippen LogP contribution in [0.3, 0.4) is 0 Å². The molecule has 0 unspecified atom stereocenters. The van der Waals surface area contributed by atoms with Crippen LogP contribution in [0, 0.1) is 0 Å². The molecule has 0 fully saturated rings. The second kappa shape index (κ2) is 6.82. The Kier molecular flexibility index (Phi) is 6.32. The number of carbonyl (C=O) groups excluding carboxylic acids is 2. The van der Waals surface area contributed by atoms with Gasteiger partial charge in [-0.15, -0.1) is 0 Å². The number of methoxy groups -OCH3 is 1. The van der Waals surface area contributed by atoms with Crippen LogP contribution >= 0.6 is 0 Å². The van der Waals surface area contributed by atoms with Crippen molar-refractivity contribution >= 4 is 11.8 Å². The van der Waals surface area contributed by atoms with Gasteiger partial charge in [-0.3, -0.25) is 9.59 Å². The number of alkyl halides is 5. The summed E-state index contributed by atoms with van der Waals surface area (Å²) >= 11 is 0. The van der Waals surface area contributed by atoms with Crippen LogP contribution in [0.2, 0.25) is 0 Å². The molecule has 0 aromatic carbocycles. The molecule has 0 saturated heterocycles. The number of nitrogens with zero attached hydrogens (tertiary/aromatic N) is 2. The fourth-order valence-electron chi connectivity index (χ4n) is 1.08. The topological polar surface area (TPSA) is 49.9 Å². The molecule has 0 spiro atoms. The molecule has 0 rings (SSSR count). The molecule has 2 amide bonds. The molecule has 0 saturated carbocycles. The number of likely N-dealkylation sites (N-methyl/N-ethyl adjacent to an activating group) is 1. The molecule has 0 N–H and O–H groups in total. The Bertz CT molecular complexity index is 357. The summed E-state index contributed by atoms with van der Waals surface area (Å²) in [5.41, 5.74) is 0. The lowest BCUT2D eigenvalue weighted by atomic mass is 10.2. The van der Waals surface area contributed by atoms with Crippen molar-refractivity contribution in [2.45, 2.75) is 12.1 Å². The van der Waals surface area contributed by atoms with E-state index in [-0.39, 0.29) is 11.5 Å². The summed E-state index contributed by atoms with van der Waals surface area (Å²) in [6, 6.07) is 0. The Hall–Kier alpha value is -1.45. The smallest absolute Gasteiger partial charge is 0.383 e. The fraction of sp³-hybridized carbons (Fsp3) is 0.800. The summed E-state index contributed by atoms with van der Waals surface area (Å²) in [4.78, 5) is 23.8. The largest absolute Gasteiger partial charge is 0.463 e. The van der Waals surface area contributed by atoms with E-state index in [1.54, 1.807) is 0 Å². The van der Waals surface area contributed by atoms with Gasteiger partial charge in [-0.25, -0.2) is 0 Å². The van der Waals surface area contributed by atoms with Crippen LogP contribution < -0.4 is 0 Å². The van der Waals surface area contributed by atoms with E-state index in [2.05, 4.69) is 4.74 Å². The summed E-state index contributed by atoms with van der Waals surface area (Å²) in [6.07, 6.45) is -6.02. The maximum Gasteiger partial charge on any atom is 0.463 e. The summed E-state index contributed by atoms with van der Waals surface area (Å²) in [7, 11) is 3.74. The van der Waals surface area contributed by atoms with Gasteiger partial charge in [0.2, 0.25) is 5.91 Å². The van der Waals surface area contributed by atoms with Crippen molar-refractivity contribution in [1.29, 1.82) is 0 Å². The first-order valence-electron chi connectivity index (χ1n) is 5.38. The van der Waals surface area contributed by atoms with E-state index in [0.29, 0.717) is 0 Å². The Morgan fingerprint density at radius 3 is 1.95 bits per heavy atom. The van der Waals surface area contributed by atoms with Crippen LogP contribution in [-0.4, -0.2) is 74.6 Å². The lowest BCUT2D eigenvalue weighted by molar-refractivity contribution is -0.274. The minimum atomic E-state index is -6.02. The average molecular weight is 306 g/mol. The molecule has 10 heteroatoms. The monoisotopic (exact) mass is 306 g/mol. The van der Waals surface area contributed by atoms with E-state index in [0.717, 1.165) is 4.90 Å². The van der Waals surface area contributed by atoms with E-state index in [4.69, 9.17) is 0 Å². The minimum Gasteiger partial charge on any atom is -0.383 e. The molecular weight excluding hydrogens is 291 g/mol. The lowest BCUT2D eigenvalue weighted by Crippen LogP contribution is -2.54. The van der Waals surface area contributed by atoms with E-state index >= 15 is 0 Å². The molecule has 20 heavy (non-hydrogen) atoms. The molecule has 0 aliphatic heterocycles. The standard InChI is InChI=1S/C10H15F5N2O3/c1-16(2)7(18)6-17(4-5-20-3)8(19)9(11,12)10(13,14)15/h4-6H2,1-3H3. The summed E-state index contributed by atoms with van der Waals surface area (Å²) in [6.45, 7) is -1.72. The molecule has 0 radical (unpaired) electrons. The van der Waals surface area contributed by atoms with Crippen LogP contribution in [0.4, 0.5) is 22.0 Å². The zero-order valence-electron chi connectivity index (χ0n) is 11.1. The van der Waals surface area contributed by atoms with E-state index in [1.807, 2.05) is 0 Å². The third-order valence-corrected chi connectivity index (χ3v) is 2.30. The van der Waals surface area contributed by atoms with Gasteiger partial charge in [0, 0.05) is 27.7 Å². The second-order valence-corrected chi connectivity index (χ2v) is 4.08. The Morgan fingerprint density at radius 1 is 1.10 bits per heavy atom. The highest BCUT2D eigenvalue weighted by atomic mass is 19.4. The first kappa shape index (κ1) is 18.6.